The second-order valence-corrected chi connectivity index (χ2v) is 9.32. The van der Waals surface area contributed by atoms with Crippen LogP contribution in [0.25, 0.3) is 0 Å². The van der Waals surface area contributed by atoms with Gasteiger partial charge in [-0.2, -0.15) is 5.06 Å². The van der Waals surface area contributed by atoms with Crippen molar-refractivity contribution < 1.29 is 9.94 Å². The highest BCUT2D eigenvalue weighted by atomic mass is 16.7. The number of aliphatic hydroxyl groups excluding tert-OH is 1. The molecule has 2 aliphatic heterocycles. The fourth-order valence-electron chi connectivity index (χ4n) is 4.38. The van der Waals surface area contributed by atoms with Gasteiger partial charge < -0.3 is 5.11 Å². The molecule has 1 saturated carbocycles. The average molecular weight is 310 g/mol. The van der Waals surface area contributed by atoms with Crippen LogP contribution in [0, 0.1) is 17.8 Å². The second kappa shape index (κ2) is 5.73. The molecule has 1 N–H and O–H groups in total. The van der Waals surface area contributed by atoms with Crippen LogP contribution in [0.15, 0.2) is 0 Å². The normalized spacial score (nSPS) is 37.9. The topological polar surface area (TPSA) is 35.9 Å². The highest BCUT2D eigenvalue weighted by molar-refractivity contribution is 5.08. The number of piperidine rings is 1. The summed E-state index contributed by atoms with van der Waals surface area (Å²) in [6.07, 6.45) is 3.68. The minimum absolute atomic E-state index is 0.00592. The number of hydrogen-bond donors (Lipinski definition) is 1. The van der Waals surface area contributed by atoms with Gasteiger partial charge in [0.2, 0.25) is 0 Å². The first-order chi connectivity index (χ1) is 10.2. The first kappa shape index (κ1) is 16.7. The Morgan fingerprint density at radius 3 is 2.32 bits per heavy atom. The zero-order valence-electron chi connectivity index (χ0n) is 15.0. The Hall–Kier alpha value is -0.160. The first-order valence-corrected chi connectivity index (χ1v) is 9.02. The smallest absolute Gasteiger partial charge is 0.0714 e. The minimum Gasteiger partial charge on any atom is -0.392 e. The van der Waals surface area contributed by atoms with Gasteiger partial charge in [-0.05, 0) is 59.8 Å². The van der Waals surface area contributed by atoms with Crippen LogP contribution in [0.5, 0.6) is 0 Å². The fourth-order valence-corrected chi connectivity index (χ4v) is 4.38. The van der Waals surface area contributed by atoms with Crippen LogP contribution < -0.4 is 0 Å². The van der Waals surface area contributed by atoms with Gasteiger partial charge in [0, 0.05) is 42.5 Å². The highest BCUT2D eigenvalue weighted by Crippen LogP contribution is 2.48. The number of likely N-dealkylation sites (tertiary alicyclic amines) is 1. The number of aliphatic hydroxyl groups is 1. The van der Waals surface area contributed by atoms with Gasteiger partial charge in [-0.1, -0.05) is 0 Å². The summed E-state index contributed by atoms with van der Waals surface area (Å²) in [5, 5.41) is 11.9. The molecule has 0 spiro atoms. The maximum Gasteiger partial charge on any atom is 0.0714 e. The lowest BCUT2D eigenvalue weighted by molar-refractivity contribution is -0.210. The third kappa shape index (κ3) is 3.35. The van der Waals surface area contributed by atoms with Crippen molar-refractivity contribution in [3.63, 3.8) is 0 Å². The second-order valence-electron chi connectivity index (χ2n) is 9.32. The fraction of sp³-hybridized carbons (Fsp3) is 1.00. The van der Waals surface area contributed by atoms with E-state index in [2.05, 4.69) is 44.6 Å². The zero-order valence-corrected chi connectivity index (χ0v) is 15.0. The molecule has 3 fully saturated rings. The summed E-state index contributed by atoms with van der Waals surface area (Å²) in [5.41, 5.74) is 0.314. The van der Waals surface area contributed by atoms with Crippen molar-refractivity contribution in [3.8, 4) is 0 Å². The zero-order chi connectivity index (χ0) is 16.1. The molecule has 3 rings (SSSR count). The maximum atomic E-state index is 9.74. The van der Waals surface area contributed by atoms with E-state index >= 15 is 0 Å². The SMILES string of the molecule is CC(C)(C)N1CCCC(CC(C)(C)N2CC3C(O)C3C2)CO1. The standard InChI is InChI=1S/C18H34N2O2/c1-17(2,3)20-8-6-7-13(12-22-20)9-18(4,5)19-10-14-15(11-19)16(14)21/h13-16,21H,6-12H2,1-5H3. The third-order valence-corrected chi connectivity index (χ3v) is 5.98. The minimum atomic E-state index is -0.00592. The third-order valence-electron chi connectivity index (χ3n) is 5.98. The van der Waals surface area contributed by atoms with Crippen molar-refractivity contribution in [2.24, 2.45) is 17.8 Å². The van der Waals surface area contributed by atoms with E-state index in [1.54, 1.807) is 0 Å². The molecule has 22 heavy (non-hydrogen) atoms. The van der Waals surface area contributed by atoms with Crippen LogP contribution in [-0.2, 0) is 4.84 Å². The largest absolute Gasteiger partial charge is 0.392 e. The van der Waals surface area contributed by atoms with Crippen molar-refractivity contribution >= 4 is 0 Å². The molecule has 0 aromatic heterocycles. The molecule has 2 saturated heterocycles. The van der Waals surface area contributed by atoms with Crippen molar-refractivity contribution in [2.45, 2.75) is 71.1 Å². The van der Waals surface area contributed by atoms with Crippen molar-refractivity contribution in [1.82, 2.24) is 9.96 Å². The van der Waals surface area contributed by atoms with E-state index in [9.17, 15) is 5.11 Å². The van der Waals surface area contributed by atoms with E-state index in [0.29, 0.717) is 17.8 Å². The summed E-state index contributed by atoms with van der Waals surface area (Å²) in [6.45, 7) is 15.5. The maximum absolute atomic E-state index is 9.74. The van der Waals surface area contributed by atoms with E-state index in [1.165, 1.54) is 19.3 Å². The highest BCUT2D eigenvalue weighted by Gasteiger charge is 2.57. The van der Waals surface area contributed by atoms with E-state index in [-0.39, 0.29) is 17.2 Å². The monoisotopic (exact) mass is 310 g/mol. The molecule has 1 aliphatic carbocycles. The lowest BCUT2D eigenvalue weighted by Gasteiger charge is -2.39. The van der Waals surface area contributed by atoms with Crippen molar-refractivity contribution in [2.75, 3.05) is 26.2 Å². The van der Waals surface area contributed by atoms with Crippen LogP contribution in [0.1, 0.15) is 53.9 Å². The van der Waals surface area contributed by atoms with Crippen LogP contribution in [0.2, 0.25) is 0 Å². The van der Waals surface area contributed by atoms with E-state index in [4.69, 9.17) is 4.84 Å². The number of rotatable bonds is 3. The Balaban J connectivity index is 1.52. The van der Waals surface area contributed by atoms with E-state index < -0.39 is 0 Å². The first-order valence-electron chi connectivity index (χ1n) is 9.02. The van der Waals surface area contributed by atoms with Gasteiger partial charge in [-0.25, -0.2) is 0 Å². The molecule has 2 heterocycles. The molecule has 3 unspecified atom stereocenters. The molecule has 128 valence electrons. The predicted molar refractivity (Wildman–Crippen MR) is 88.4 cm³/mol. The summed E-state index contributed by atoms with van der Waals surface area (Å²) in [6, 6.07) is 0. The summed E-state index contributed by atoms with van der Waals surface area (Å²) in [7, 11) is 0. The number of nitrogens with zero attached hydrogens (tertiary/aromatic N) is 2. The number of fused-ring (bicyclic) bond motifs is 1. The molecule has 3 aliphatic rings. The molecule has 0 aromatic carbocycles. The summed E-state index contributed by atoms with van der Waals surface area (Å²) in [4.78, 5) is 8.71. The summed E-state index contributed by atoms with van der Waals surface area (Å²) >= 11 is 0. The van der Waals surface area contributed by atoms with Gasteiger partial charge in [0.05, 0.1) is 12.7 Å². The van der Waals surface area contributed by atoms with Gasteiger partial charge in [-0.3, -0.25) is 9.74 Å². The Kier molecular flexibility index (Phi) is 4.35. The molecule has 4 nitrogen and oxygen atoms in total. The summed E-state index contributed by atoms with van der Waals surface area (Å²) < 4.78 is 0. The molecule has 0 aromatic rings. The van der Waals surface area contributed by atoms with Crippen LogP contribution in [0.4, 0.5) is 0 Å². The lowest BCUT2D eigenvalue weighted by atomic mass is 9.87. The van der Waals surface area contributed by atoms with Gasteiger partial charge in [0.1, 0.15) is 0 Å². The van der Waals surface area contributed by atoms with Crippen LogP contribution in [0.3, 0.4) is 0 Å². The Bertz CT molecular complexity index is 392. The van der Waals surface area contributed by atoms with Gasteiger partial charge in [0.25, 0.3) is 0 Å². The van der Waals surface area contributed by atoms with Crippen LogP contribution >= 0.6 is 0 Å². The molecule has 4 heteroatoms. The molecule has 0 bridgehead atoms. The van der Waals surface area contributed by atoms with Crippen LogP contribution in [-0.4, -0.2) is 58.5 Å². The number of hydroxylamine groups is 2. The Labute approximate surface area is 135 Å². The van der Waals surface area contributed by atoms with E-state index in [0.717, 1.165) is 26.2 Å². The van der Waals surface area contributed by atoms with Crippen molar-refractivity contribution in [3.05, 3.63) is 0 Å². The molecule has 0 amide bonds. The predicted octanol–water partition coefficient (Wildman–Crippen LogP) is 2.52. The Morgan fingerprint density at radius 2 is 1.73 bits per heavy atom. The van der Waals surface area contributed by atoms with E-state index in [1.807, 2.05) is 0 Å². The lowest BCUT2D eigenvalue weighted by Crippen LogP contribution is -2.46. The quantitative estimate of drug-likeness (QED) is 0.869. The molecular formula is C18H34N2O2. The summed E-state index contributed by atoms with van der Waals surface area (Å²) in [5.74, 6) is 1.76. The number of hydrogen-bond acceptors (Lipinski definition) is 4. The Morgan fingerprint density at radius 1 is 1.09 bits per heavy atom. The van der Waals surface area contributed by atoms with Gasteiger partial charge in [-0.15, -0.1) is 0 Å². The average Bonchev–Trinajstić information content (AvgIpc) is 2.86. The molecular weight excluding hydrogens is 276 g/mol. The van der Waals surface area contributed by atoms with Gasteiger partial charge in [0.15, 0.2) is 0 Å². The van der Waals surface area contributed by atoms with Crippen molar-refractivity contribution in [1.29, 1.82) is 0 Å². The molecule has 0 radical (unpaired) electrons. The molecule has 3 atom stereocenters. The van der Waals surface area contributed by atoms with Gasteiger partial charge >= 0.3 is 0 Å².